The van der Waals surface area contributed by atoms with Gasteiger partial charge in [-0.3, -0.25) is 4.79 Å². The third kappa shape index (κ3) is 2.43. The average Bonchev–Trinajstić information content (AvgIpc) is 3.16. The molecular formula is C17H26N2OS. The van der Waals surface area contributed by atoms with Gasteiger partial charge >= 0.3 is 0 Å². The zero-order valence-electron chi connectivity index (χ0n) is 12.9. The standard InChI is InChI=1S/C17H26N2OS/c1-17(13-5-3-2-4-6-13)15(20)19-16(21-17)18-14-10-11-7-8-12(14)9-11/h11-14H,2-10H2,1H3,(H,18,19,20)/t11-,12+,14+,17?/m1/s1. The van der Waals surface area contributed by atoms with Crippen LogP contribution in [0.5, 0.6) is 0 Å². The van der Waals surface area contributed by atoms with E-state index in [1.807, 2.05) is 0 Å². The molecule has 2 bridgehead atoms. The Morgan fingerprint density at radius 1 is 1.14 bits per heavy atom. The van der Waals surface area contributed by atoms with Crippen LogP contribution in [0.4, 0.5) is 0 Å². The Morgan fingerprint density at radius 3 is 2.62 bits per heavy atom. The quantitative estimate of drug-likeness (QED) is 0.845. The Bertz CT molecular complexity index is 471. The fourth-order valence-corrected chi connectivity index (χ4v) is 6.30. The number of nitrogens with one attached hydrogen (secondary N) is 1. The second-order valence-corrected chi connectivity index (χ2v) is 9.13. The normalized spacial score (nSPS) is 43.4. The Labute approximate surface area is 131 Å². The lowest BCUT2D eigenvalue weighted by atomic mass is 9.80. The van der Waals surface area contributed by atoms with Gasteiger partial charge in [0.25, 0.3) is 5.91 Å². The Hall–Kier alpha value is -0.510. The second-order valence-electron chi connectivity index (χ2n) is 7.69. The highest BCUT2D eigenvalue weighted by molar-refractivity contribution is 8.16. The monoisotopic (exact) mass is 306 g/mol. The number of nitrogens with zero attached hydrogens (tertiary/aromatic N) is 1. The first-order valence-electron chi connectivity index (χ1n) is 8.74. The number of amidine groups is 1. The molecule has 1 heterocycles. The van der Waals surface area contributed by atoms with Crippen molar-refractivity contribution in [3.8, 4) is 0 Å². The Morgan fingerprint density at radius 2 is 1.95 bits per heavy atom. The molecule has 116 valence electrons. The van der Waals surface area contributed by atoms with Crippen LogP contribution in [0, 0.1) is 17.8 Å². The van der Waals surface area contributed by atoms with Gasteiger partial charge in [0.15, 0.2) is 5.17 Å². The maximum absolute atomic E-state index is 12.5. The highest BCUT2D eigenvalue weighted by atomic mass is 32.2. The number of fused-ring (bicyclic) bond motifs is 2. The van der Waals surface area contributed by atoms with Gasteiger partial charge in [0.1, 0.15) is 4.75 Å². The minimum Gasteiger partial charge on any atom is -0.361 e. The lowest BCUT2D eigenvalue weighted by molar-refractivity contribution is -0.120. The van der Waals surface area contributed by atoms with Gasteiger partial charge in [-0.2, -0.15) is 4.99 Å². The molecule has 3 fully saturated rings. The number of rotatable bonds is 2. The second kappa shape index (κ2) is 5.29. The molecule has 0 radical (unpaired) electrons. The number of thioether (sulfide) groups is 1. The number of aliphatic imine (C=N–C) groups is 1. The molecule has 1 unspecified atom stereocenters. The first-order valence-corrected chi connectivity index (χ1v) is 9.55. The van der Waals surface area contributed by atoms with E-state index in [0.29, 0.717) is 12.0 Å². The average molecular weight is 306 g/mol. The lowest BCUT2D eigenvalue weighted by Gasteiger charge is -2.34. The summed E-state index contributed by atoms with van der Waals surface area (Å²) in [6, 6.07) is 0.580. The fourth-order valence-electron chi connectivity index (χ4n) is 5.02. The SMILES string of the molecule is CC1(C2CCCCC2)SC(N[C@H]2C[C@@H]3CC[C@H]2C3)=NC1=O. The summed E-state index contributed by atoms with van der Waals surface area (Å²) in [6.07, 6.45) is 11.8. The molecule has 0 saturated heterocycles. The number of amides is 1. The van der Waals surface area contributed by atoms with Crippen LogP contribution in [-0.2, 0) is 4.79 Å². The molecule has 0 aromatic carbocycles. The molecule has 3 saturated carbocycles. The van der Waals surface area contributed by atoms with Crippen molar-refractivity contribution in [3.05, 3.63) is 0 Å². The summed E-state index contributed by atoms with van der Waals surface area (Å²) in [5.41, 5.74) is 0. The molecule has 3 aliphatic carbocycles. The highest BCUT2D eigenvalue weighted by Crippen LogP contribution is 2.48. The van der Waals surface area contributed by atoms with Gasteiger partial charge in [-0.05, 0) is 56.8 Å². The molecule has 4 atom stereocenters. The van der Waals surface area contributed by atoms with E-state index in [9.17, 15) is 4.79 Å². The third-order valence-electron chi connectivity index (χ3n) is 6.37. The van der Waals surface area contributed by atoms with Crippen molar-refractivity contribution in [2.24, 2.45) is 22.7 Å². The van der Waals surface area contributed by atoms with E-state index >= 15 is 0 Å². The molecule has 21 heavy (non-hydrogen) atoms. The molecule has 1 amide bonds. The maximum Gasteiger partial charge on any atom is 0.264 e. The topological polar surface area (TPSA) is 41.5 Å². The molecule has 0 spiro atoms. The summed E-state index contributed by atoms with van der Waals surface area (Å²) >= 11 is 1.73. The van der Waals surface area contributed by atoms with Crippen LogP contribution < -0.4 is 5.32 Å². The summed E-state index contributed by atoms with van der Waals surface area (Å²) in [6.45, 7) is 2.13. The molecule has 4 rings (SSSR count). The van der Waals surface area contributed by atoms with Crippen LogP contribution in [0.15, 0.2) is 4.99 Å². The number of hydrogen-bond acceptors (Lipinski definition) is 3. The number of carbonyl (C=O) groups excluding carboxylic acids is 1. The summed E-state index contributed by atoms with van der Waals surface area (Å²) in [5.74, 6) is 2.40. The van der Waals surface area contributed by atoms with Crippen LogP contribution in [-0.4, -0.2) is 21.9 Å². The van der Waals surface area contributed by atoms with E-state index in [2.05, 4.69) is 17.2 Å². The van der Waals surface area contributed by atoms with Crippen LogP contribution in [0.3, 0.4) is 0 Å². The van der Waals surface area contributed by atoms with Crippen LogP contribution in [0.25, 0.3) is 0 Å². The molecule has 3 nitrogen and oxygen atoms in total. The van der Waals surface area contributed by atoms with E-state index in [1.54, 1.807) is 11.8 Å². The van der Waals surface area contributed by atoms with Gasteiger partial charge in [0.2, 0.25) is 0 Å². The summed E-state index contributed by atoms with van der Waals surface area (Å²) in [4.78, 5) is 16.9. The zero-order valence-corrected chi connectivity index (χ0v) is 13.8. The van der Waals surface area contributed by atoms with Gasteiger partial charge in [-0.15, -0.1) is 0 Å². The minimum atomic E-state index is -0.291. The molecule has 1 aliphatic heterocycles. The maximum atomic E-state index is 12.5. The molecule has 4 aliphatic rings. The van der Waals surface area contributed by atoms with Crippen molar-refractivity contribution in [2.75, 3.05) is 0 Å². The van der Waals surface area contributed by atoms with Gasteiger partial charge in [0, 0.05) is 6.04 Å². The molecule has 4 heteroatoms. The zero-order chi connectivity index (χ0) is 14.4. The van der Waals surface area contributed by atoms with Gasteiger partial charge in [-0.25, -0.2) is 0 Å². The lowest BCUT2D eigenvalue weighted by Crippen LogP contribution is -2.40. The minimum absolute atomic E-state index is 0.116. The predicted molar refractivity (Wildman–Crippen MR) is 87.4 cm³/mol. The summed E-state index contributed by atoms with van der Waals surface area (Å²) < 4.78 is -0.291. The summed E-state index contributed by atoms with van der Waals surface area (Å²) in [7, 11) is 0. The van der Waals surface area contributed by atoms with Gasteiger partial charge < -0.3 is 5.32 Å². The highest BCUT2D eigenvalue weighted by Gasteiger charge is 2.48. The van der Waals surface area contributed by atoms with E-state index in [4.69, 9.17) is 0 Å². The molecule has 0 aromatic heterocycles. The molecule has 0 aromatic rings. The fraction of sp³-hybridized carbons (Fsp3) is 0.882. The third-order valence-corrected chi connectivity index (χ3v) is 7.70. The van der Waals surface area contributed by atoms with Crippen molar-refractivity contribution >= 4 is 22.8 Å². The van der Waals surface area contributed by atoms with Crippen LogP contribution in [0.2, 0.25) is 0 Å². The smallest absolute Gasteiger partial charge is 0.264 e. The number of carbonyl (C=O) groups is 1. The van der Waals surface area contributed by atoms with Crippen molar-refractivity contribution in [3.63, 3.8) is 0 Å². The van der Waals surface area contributed by atoms with Crippen molar-refractivity contribution in [1.29, 1.82) is 0 Å². The molecular weight excluding hydrogens is 280 g/mol. The van der Waals surface area contributed by atoms with Gasteiger partial charge in [0.05, 0.1) is 0 Å². The van der Waals surface area contributed by atoms with E-state index in [1.165, 1.54) is 57.8 Å². The largest absolute Gasteiger partial charge is 0.361 e. The van der Waals surface area contributed by atoms with Crippen LogP contribution >= 0.6 is 11.8 Å². The van der Waals surface area contributed by atoms with E-state index < -0.39 is 0 Å². The van der Waals surface area contributed by atoms with Gasteiger partial charge in [-0.1, -0.05) is 37.4 Å². The first-order chi connectivity index (χ1) is 10.1. The van der Waals surface area contributed by atoms with Crippen molar-refractivity contribution in [2.45, 2.75) is 75.5 Å². The Balaban J connectivity index is 1.42. The van der Waals surface area contributed by atoms with E-state index in [0.717, 1.165) is 17.0 Å². The van der Waals surface area contributed by atoms with Crippen LogP contribution in [0.1, 0.15) is 64.7 Å². The number of hydrogen-bond donors (Lipinski definition) is 1. The molecule has 1 N–H and O–H groups in total. The predicted octanol–water partition coefficient (Wildman–Crippen LogP) is 3.73. The first kappa shape index (κ1) is 14.1. The Kier molecular flexibility index (Phi) is 3.55. The summed E-state index contributed by atoms with van der Waals surface area (Å²) in [5, 5.41) is 4.55. The van der Waals surface area contributed by atoms with Crippen molar-refractivity contribution in [1.82, 2.24) is 5.32 Å². The van der Waals surface area contributed by atoms with Crippen molar-refractivity contribution < 1.29 is 4.79 Å². The van der Waals surface area contributed by atoms with E-state index in [-0.39, 0.29) is 10.7 Å².